The molecule has 0 atom stereocenters. The highest BCUT2D eigenvalue weighted by atomic mass is 35.5. The highest BCUT2D eigenvalue weighted by molar-refractivity contribution is 7.89. The summed E-state index contributed by atoms with van der Waals surface area (Å²) in [4.78, 5) is 0.0849. The second-order valence-electron chi connectivity index (χ2n) is 5.00. The van der Waals surface area contributed by atoms with E-state index >= 15 is 0 Å². The lowest BCUT2D eigenvalue weighted by Crippen LogP contribution is -2.12. The van der Waals surface area contributed by atoms with Gasteiger partial charge in [0.1, 0.15) is 5.69 Å². The van der Waals surface area contributed by atoms with Crippen LogP contribution in [-0.2, 0) is 16.6 Å². The van der Waals surface area contributed by atoms with E-state index in [-0.39, 0.29) is 4.90 Å². The van der Waals surface area contributed by atoms with E-state index < -0.39 is 10.0 Å². The van der Waals surface area contributed by atoms with Crippen molar-refractivity contribution in [1.82, 2.24) is 15.0 Å². The SMILES string of the molecule is NS(=O)(=O)c1ccc(Cn2cc(-c3ccc(Cl)cc3)nn2)cc1. The zero-order valence-electron chi connectivity index (χ0n) is 11.9. The van der Waals surface area contributed by atoms with Crippen molar-refractivity contribution in [3.05, 3.63) is 65.3 Å². The van der Waals surface area contributed by atoms with E-state index in [1.54, 1.807) is 28.9 Å². The molecular weight excluding hydrogens is 336 g/mol. The molecule has 0 saturated carbocycles. The standard InChI is InChI=1S/C15H13ClN4O2S/c16-13-5-3-12(4-6-13)15-10-20(19-18-15)9-11-1-7-14(8-2-11)23(17,21)22/h1-8,10H,9H2,(H2,17,21,22). The largest absolute Gasteiger partial charge is 0.247 e. The fourth-order valence-corrected chi connectivity index (χ4v) is 2.74. The van der Waals surface area contributed by atoms with Crippen LogP contribution in [-0.4, -0.2) is 23.4 Å². The van der Waals surface area contributed by atoms with Gasteiger partial charge in [0.2, 0.25) is 10.0 Å². The Kier molecular flexibility index (Phi) is 4.16. The van der Waals surface area contributed by atoms with Crippen LogP contribution in [0.15, 0.2) is 59.6 Å². The number of nitrogens with two attached hydrogens (primary N) is 1. The maximum Gasteiger partial charge on any atom is 0.238 e. The number of sulfonamides is 1. The molecule has 1 heterocycles. The lowest BCUT2D eigenvalue weighted by molar-refractivity contribution is 0.597. The number of halogens is 1. The predicted octanol–water partition coefficient (Wildman–Crippen LogP) is 2.29. The fourth-order valence-electron chi connectivity index (χ4n) is 2.10. The fraction of sp³-hybridized carbons (Fsp3) is 0.0667. The van der Waals surface area contributed by atoms with Crippen LogP contribution in [0.1, 0.15) is 5.56 Å². The highest BCUT2D eigenvalue weighted by Gasteiger charge is 2.08. The molecule has 0 radical (unpaired) electrons. The van der Waals surface area contributed by atoms with Gasteiger partial charge in [0, 0.05) is 10.6 Å². The molecule has 0 spiro atoms. The molecule has 118 valence electrons. The second kappa shape index (κ2) is 6.11. The Balaban J connectivity index is 1.78. The van der Waals surface area contributed by atoms with Crippen LogP contribution in [0, 0.1) is 0 Å². The molecule has 2 aromatic carbocycles. The summed E-state index contributed by atoms with van der Waals surface area (Å²) in [7, 11) is -3.67. The molecule has 0 aliphatic rings. The van der Waals surface area contributed by atoms with Gasteiger partial charge in [-0.25, -0.2) is 18.2 Å². The summed E-state index contributed by atoms with van der Waals surface area (Å²) in [5, 5.41) is 13.9. The van der Waals surface area contributed by atoms with Crippen molar-refractivity contribution in [1.29, 1.82) is 0 Å². The van der Waals surface area contributed by atoms with Gasteiger partial charge in [-0.1, -0.05) is 41.1 Å². The number of hydrogen-bond acceptors (Lipinski definition) is 4. The summed E-state index contributed by atoms with van der Waals surface area (Å²) >= 11 is 5.86. The van der Waals surface area contributed by atoms with Crippen molar-refractivity contribution in [3.8, 4) is 11.3 Å². The Morgan fingerprint density at radius 1 is 1.04 bits per heavy atom. The smallest absolute Gasteiger partial charge is 0.238 e. The maximum atomic E-state index is 11.2. The summed E-state index contributed by atoms with van der Waals surface area (Å²) in [6.07, 6.45) is 1.82. The quantitative estimate of drug-likeness (QED) is 0.783. The first kappa shape index (κ1) is 15.7. The zero-order valence-corrected chi connectivity index (χ0v) is 13.5. The molecule has 0 aliphatic heterocycles. The van der Waals surface area contributed by atoms with E-state index in [1.807, 2.05) is 18.3 Å². The Bertz CT molecular complexity index is 919. The van der Waals surface area contributed by atoms with Gasteiger partial charge in [0.05, 0.1) is 17.6 Å². The van der Waals surface area contributed by atoms with Gasteiger partial charge in [-0.15, -0.1) is 5.10 Å². The van der Waals surface area contributed by atoms with Gasteiger partial charge >= 0.3 is 0 Å². The Hall–Kier alpha value is -2.22. The average molecular weight is 349 g/mol. The van der Waals surface area contributed by atoms with Crippen LogP contribution in [0.4, 0.5) is 0 Å². The van der Waals surface area contributed by atoms with E-state index in [0.29, 0.717) is 11.6 Å². The first-order valence-corrected chi connectivity index (χ1v) is 8.62. The molecule has 3 aromatic rings. The van der Waals surface area contributed by atoms with Crippen molar-refractivity contribution in [3.63, 3.8) is 0 Å². The molecule has 0 fully saturated rings. The molecule has 3 rings (SSSR count). The summed E-state index contributed by atoms with van der Waals surface area (Å²) in [6, 6.07) is 13.7. The van der Waals surface area contributed by atoms with Gasteiger partial charge in [-0.2, -0.15) is 0 Å². The number of benzene rings is 2. The molecule has 6 nitrogen and oxygen atoms in total. The van der Waals surface area contributed by atoms with Gasteiger partial charge in [-0.05, 0) is 29.8 Å². The van der Waals surface area contributed by atoms with Crippen molar-refractivity contribution in [2.45, 2.75) is 11.4 Å². The topological polar surface area (TPSA) is 90.9 Å². The van der Waals surface area contributed by atoms with E-state index in [1.165, 1.54) is 12.1 Å². The summed E-state index contributed by atoms with van der Waals surface area (Å²) in [6.45, 7) is 0.478. The third kappa shape index (κ3) is 3.76. The number of aromatic nitrogens is 3. The normalized spacial score (nSPS) is 11.6. The molecule has 23 heavy (non-hydrogen) atoms. The molecule has 0 unspecified atom stereocenters. The van der Waals surface area contributed by atoms with Crippen molar-refractivity contribution < 1.29 is 8.42 Å². The van der Waals surface area contributed by atoms with E-state index in [9.17, 15) is 8.42 Å². The third-order valence-corrected chi connectivity index (χ3v) is 4.46. The first-order valence-electron chi connectivity index (χ1n) is 6.70. The van der Waals surface area contributed by atoms with Crippen LogP contribution in [0.5, 0.6) is 0 Å². The number of nitrogens with zero attached hydrogens (tertiary/aromatic N) is 3. The lowest BCUT2D eigenvalue weighted by atomic mass is 10.2. The third-order valence-electron chi connectivity index (χ3n) is 3.28. The van der Waals surface area contributed by atoms with Crippen molar-refractivity contribution in [2.75, 3.05) is 0 Å². The summed E-state index contributed by atoms with van der Waals surface area (Å²) in [5.74, 6) is 0. The van der Waals surface area contributed by atoms with Crippen LogP contribution in [0.2, 0.25) is 5.02 Å². The summed E-state index contributed by atoms with van der Waals surface area (Å²) < 4.78 is 24.1. The average Bonchev–Trinajstić information content (AvgIpc) is 2.96. The van der Waals surface area contributed by atoms with Crippen LogP contribution in [0.25, 0.3) is 11.3 Å². The zero-order chi connectivity index (χ0) is 16.4. The Morgan fingerprint density at radius 3 is 2.30 bits per heavy atom. The molecule has 0 saturated heterocycles. The molecule has 0 aliphatic carbocycles. The predicted molar refractivity (Wildman–Crippen MR) is 87.4 cm³/mol. The molecule has 0 amide bonds. The van der Waals surface area contributed by atoms with Crippen molar-refractivity contribution >= 4 is 21.6 Å². The monoisotopic (exact) mass is 348 g/mol. The van der Waals surface area contributed by atoms with Gasteiger partial charge < -0.3 is 0 Å². The number of primary sulfonamides is 1. The molecule has 2 N–H and O–H groups in total. The molecule has 0 bridgehead atoms. The minimum atomic E-state index is -3.67. The van der Waals surface area contributed by atoms with Crippen LogP contribution in [0.3, 0.4) is 0 Å². The van der Waals surface area contributed by atoms with E-state index in [0.717, 1.165) is 16.8 Å². The van der Waals surface area contributed by atoms with Gasteiger partial charge in [0.15, 0.2) is 0 Å². The maximum absolute atomic E-state index is 11.2. The first-order chi connectivity index (χ1) is 10.9. The number of hydrogen-bond donors (Lipinski definition) is 1. The van der Waals surface area contributed by atoms with E-state index in [2.05, 4.69) is 10.3 Å². The minimum Gasteiger partial charge on any atom is -0.247 e. The van der Waals surface area contributed by atoms with Crippen molar-refractivity contribution in [2.24, 2.45) is 5.14 Å². The Morgan fingerprint density at radius 2 is 1.70 bits per heavy atom. The van der Waals surface area contributed by atoms with Crippen LogP contribution < -0.4 is 5.14 Å². The van der Waals surface area contributed by atoms with Gasteiger partial charge in [-0.3, -0.25) is 0 Å². The van der Waals surface area contributed by atoms with Gasteiger partial charge in [0.25, 0.3) is 0 Å². The van der Waals surface area contributed by atoms with Crippen LogP contribution >= 0.6 is 11.6 Å². The number of rotatable bonds is 4. The lowest BCUT2D eigenvalue weighted by Gasteiger charge is -2.02. The second-order valence-corrected chi connectivity index (χ2v) is 7.00. The molecule has 8 heteroatoms. The highest BCUT2D eigenvalue weighted by Crippen LogP contribution is 2.19. The van der Waals surface area contributed by atoms with E-state index in [4.69, 9.17) is 16.7 Å². The molecular formula is C15H13ClN4O2S. The summed E-state index contributed by atoms with van der Waals surface area (Å²) in [5.41, 5.74) is 2.55. The molecule has 1 aromatic heterocycles. The minimum absolute atomic E-state index is 0.0849. The Labute approximate surface area is 138 Å².